The normalized spacial score (nSPS) is 17.3. The van der Waals surface area contributed by atoms with E-state index in [0.29, 0.717) is 0 Å². The van der Waals surface area contributed by atoms with Crippen LogP contribution in [0.3, 0.4) is 0 Å². The highest BCUT2D eigenvalue weighted by Crippen LogP contribution is 2.38. The van der Waals surface area contributed by atoms with Crippen LogP contribution in [0.2, 0.25) is 0 Å². The van der Waals surface area contributed by atoms with E-state index >= 15 is 0 Å². The van der Waals surface area contributed by atoms with E-state index < -0.39 is 0 Å². The van der Waals surface area contributed by atoms with Crippen molar-refractivity contribution < 1.29 is 14.0 Å². The monoisotopic (exact) mass is 208 g/mol. The topological polar surface area (TPSA) is 18.5 Å². The van der Waals surface area contributed by atoms with Crippen molar-refractivity contribution in [2.24, 2.45) is 0 Å². The lowest BCUT2D eigenvalue weighted by molar-refractivity contribution is -0.910. The smallest absolute Gasteiger partial charge is 0.128 e. The Kier molecular flexibility index (Phi) is 2.35. The van der Waals surface area contributed by atoms with Gasteiger partial charge in [0.05, 0.1) is 39.4 Å². The molecule has 1 aliphatic heterocycles. The molecule has 0 N–H and O–H groups in total. The van der Waals surface area contributed by atoms with Crippen LogP contribution in [0, 0.1) is 0 Å². The number of rotatable bonds is 2. The van der Waals surface area contributed by atoms with Crippen LogP contribution in [0.15, 0.2) is 12.1 Å². The Bertz CT molecular complexity index is 350. The number of nitrogens with zero attached hydrogens (tertiary/aromatic N) is 1. The minimum atomic E-state index is 0.964. The second kappa shape index (κ2) is 3.42. The van der Waals surface area contributed by atoms with Gasteiger partial charge in [-0.15, -0.1) is 0 Å². The molecule has 2 rings (SSSR count). The maximum Gasteiger partial charge on any atom is 0.128 e. The first kappa shape index (κ1) is 10.3. The summed E-state index contributed by atoms with van der Waals surface area (Å²) in [5.74, 6) is 1.96. The SMILES string of the molecule is COc1ccc(OC)c2c1C[N+](C)(C)C2. The molecule has 0 atom stereocenters. The fourth-order valence-electron chi connectivity index (χ4n) is 2.29. The second-order valence-corrected chi connectivity index (χ2v) is 4.68. The van der Waals surface area contributed by atoms with Gasteiger partial charge in [-0.05, 0) is 12.1 Å². The van der Waals surface area contributed by atoms with Crippen LogP contribution in [0.4, 0.5) is 0 Å². The van der Waals surface area contributed by atoms with Gasteiger partial charge in [-0.3, -0.25) is 0 Å². The van der Waals surface area contributed by atoms with Crippen molar-refractivity contribution in [1.82, 2.24) is 0 Å². The number of methoxy groups -OCH3 is 2. The van der Waals surface area contributed by atoms with E-state index in [0.717, 1.165) is 29.1 Å². The van der Waals surface area contributed by atoms with Crippen molar-refractivity contribution in [1.29, 1.82) is 0 Å². The summed E-state index contributed by atoms with van der Waals surface area (Å²) in [6.45, 7) is 2.02. The summed E-state index contributed by atoms with van der Waals surface area (Å²) in [7, 11) is 7.89. The van der Waals surface area contributed by atoms with Gasteiger partial charge in [0.25, 0.3) is 0 Å². The molecule has 0 aromatic heterocycles. The van der Waals surface area contributed by atoms with Crippen LogP contribution in [0.25, 0.3) is 0 Å². The fourth-order valence-corrected chi connectivity index (χ4v) is 2.29. The van der Waals surface area contributed by atoms with E-state index in [1.165, 1.54) is 11.1 Å². The van der Waals surface area contributed by atoms with Gasteiger partial charge < -0.3 is 14.0 Å². The van der Waals surface area contributed by atoms with E-state index in [2.05, 4.69) is 14.1 Å². The van der Waals surface area contributed by atoms with Gasteiger partial charge in [0.2, 0.25) is 0 Å². The summed E-state index contributed by atoms with van der Waals surface area (Å²) in [4.78, 5) is 0. The van der Waals surface area contributed by atoms with E-state index in [1.807, 2.05) is 12.1 Å². The first-order chi connectivity index (χ1) is 7.07. The van der Waals surface area contributed by atoms with Crippen LogP contribution < -0.4 is 9.47 Å². The van der Waals surface area contributed by atoms with Crippen molar-refractivity contribution in [3.63, 3.8) is 0 Å². The number of hydrogen-bond acceptors (Lipinski definition) is 2. The summed E-state index contributed by atoms with van der Waals surface area (Å²) in [6, 6.07) is 3.98. The first-order valence-corrected chi connectivity index (χ1v) is 5.12. The zero-order chi connectivity index (χ0) is 11.1. The summed E-state index contributed by atoms with van der Waals surface area (Å²) >= 11 is 0. The summed E-state index contributed by atoms with van der Waals surface area (Å²) in [5, 5.41) is 0. The van der Waals surface area contributed by atoms with Crippen LogP contribution in [-0.4, -0.2) is 32.8 Å². The Morgan fingerprint density at radius 3 is 1.67 bits per heavy atom. The van der Waals surface area contributed by atoms with E-state index in [-0.39, 0.29) is 0 Å². The van der Waals surface area contributed by atoms with Gasteiger partial charge in [0, 0.05) is 0 Å². The minimum absolute atomic E-state index is 0.964. The average molecular weight is 208 g/mol. The molecule has 0 saturated heterocycles. The van der Waals surface area contributed by atoms with Crippen molar-refractivity contribution in [2.45, 2.75) is 13.1 Å². The van der Waals surface area contributed by atoms with Crippen molar-refractivity contribution in [3.8, 4) is 11.5 Å². The van der Waals surface area contributed by atoms with Gasteiger partial charge in [-0.2, -0.15) is 0 Å². The molecular formula is C12H18NO2+. The molecule has 3 heteroatoms. The zero-order valence-corrected chi connectivity index (χ0v) is 9.83. The molecule has 3 nitrogen and oxygen atoms in total. The molecular weight excluding hydrogens is 190 g/mol. The van der Waals surface area contributed by atoms with Crippen molar-refractivity contribution >= 4 is 0 Å². The average Bonchev–Trinajstić information content (AvgIpc) is 2.51. The number of hydrogen-bond donors (Lipinski definition) is 0. The fraction of sp³-hybridized carbons (Fsp3) is 0.500. The Morgan fingerprint density at radius 2 is 1.33 bits per heavy atom. The first-order valence-electron chi connectivity index (χ1n) is 5.12. The lowest BCUT2D eigenvalue weighted by atomic mass is 10.1. The highest BCUT2D eigenvalue weighted by molar-refractivity contribution is 5.49. The summed E-state index contributed by atoms with van der Waals surface area (Å²) in [5.41, 5.74) is 2.59. The van der Waals surface area contributed by atoms with Crippen LogP contribution in [0.1, 0.15) is 11.1 Å². The Balaban J connectivity index is 2.52. The Labute approximate surface area is 90.8 Å². The zero-order valence-electron chi connectivity index (χ0n) is 9.83. The lowest BCUT2D eigenvalue weighted by Gasteiger charge is -2.22. The second-order valence-electron chi connectivity index (χ2n) is 4.68. The van der Waals surface area contributed by atoms with Crippen molar-refractivity contribution in [3.05, 3.63) is 23.3 Å². The number of fused-ring (bicyclic) bond motifs is 1. The molecule has 1 aromatic rings. The van der Waals surface area contributed by atoms with Gasteiger partial charge >= 0.3 is 0 Å². The van der Waals surface area contributed by atoms with Crippen LogP contribution >= 0.6 is 0 Å². The molecule has 15 heavy (non-hydrogen) atoms. The predicted octanol–water partition coefficient (Wildman–Crippen LogP) is 1.79. The van der Waals surface area contributed by atoms with Crippen LogP contribution in [-0.2, 0) is 13.1 Å². The maximum atomic E-state index is 5.38. The molecule has 0 aliphatic carbocycles. The van der Waals surface area contributed by atoms with Crippen molar-refractivity contribution in [2.75, 3.05) is 28.3 Å². The number of benzene rings is 1. The molecule has 1 aromatic carbocycles. The maximum absolute atomic E-state index is 5.38. The van der Waals surface area contributed by atoms with E-state index in [4.69, 9.17) is 9.47 Å². The third kappa shape index (κ3) is 1.67. The number of ether oxygens (including phenoxy) is 2. The molecule has 1 heterocycles. The molecule has 0 unspecified atom stereocenters. The molecule has 0 spiro atoms. The highest BCUT2D eigenvalue weighted by atomic mass is 16.5. The third-order valence-corrected chi connectivity index (χ3v) is 2.96. The summed E-state index contributed by atoms with van der Waals surface area (Å²) in [6.07, 6.45) is 0. The third-order valence-electron chi connectivity index (χ3n) is 2.96. The quantitative estimate of drug-likeness (QED) is 0.690. The van der Waals surface area contributed by atoms with Gasteiger partial charge in [0.1, 0.15) is 24.6 Å². The Morgan fingerprint density at radius 1 is 0.933 bits per heavy atom. The summed E-state index contributed by atoms with van der Waals surface area (Å²) < 4.78 is 11.7. The van der Waals surface area contributed by atoms with Gasteiger partial charge in [0.15, 0.2) is 0 Å². The lowest BCUT2D eigenvalue weighted by Crippen LogP contribution is -2.32. The molecule has 82 valence electrons. The standard InChI is InChI=1S/C12H18NO2/c1-13(2)7-9-10(8-13)12(15-4)6-5-11(9)14-3/h5-6H,7-8H2,1-4H3/q+1. The van der Waals surface area contributed by atoms with Gasteiger partial charge in [-0.1, -0.05) is 0 Å². The molecule has 1 aliphatic rings. The van der Waals surface area contributed by atoms with E-state index in [9.17, 15) is 0 Å². The largest absolute Gasteiger partial charge is 0.496 e. The Hall–Kier alpha value is -1.22. The highest BCUT2D eigenvalue weighted by Gasteiger charge is 2.33. The molecule has 0 amide bonds. The number of quaternary nitrogens is 1. The van der Waals surface area contributed by atoms with Gasteiger partial charge in [-0.25, -0.2) is 0 Å². The molecule has 0 saturated carbocycles. The predicted molar refractivity (Wildman–Crippen MR) is 59.1 cm³/mol. The minimum Gasteiger partial charge on any atom is -0.496 e. The molecule has 0 radical (unpaired) electrons. The molecule has 0 fully saturated rings. The molecule has 0 bridgehead atoms. The van der Waals surface area contributed by atoms with Crippen LogP contribution in [0.5, 0.6) is 11.5 Å². The van der Waals surface area contributed by atoms with E-state index in [1.54, 1.807) is 14.2 Å².